The van der Waals surface area contributed by atoms with Crippen LogP contribution in [0.1, 0.15) is 45.1 Å². The second-order valence-corrected chi connectivity index (χ2v) is 5.73. The lowest BCUT2D eigenvalue weighted by Gasteiger charge is -2.08. The van der Waals surface area contributed by atoms with Gasteiger partial charge in [-0.3, -0.25) is 4.79 Å². The summed E-state index contributed by atoms with van der Waals surface area (Å²) in [7, 11) is 0. The van der Waals surface area contributed by atoms with Crippen LogP contribution in [0.3, 0.4) is 0 Å². The van der Waals surface area contributed by atoms with Gasteiger partial charge in [-0.1, -0.05) is 0 Å². The second-order valence-electron chi connectivity index (χ2n) is 4.90. The van der Waals surface area contributed by atoms with Crippen LogP contribution in [0, 0.1) is 5.82 Å². The van der Waals surface area contributed by atoms with Crippen LogP contribution in [0.2, 0.25) is 0 Å². The number of aromatic nitrogens is 1. The van der Waals surface area contributed by atoms with Gasteiger partial charge in [0.25, 0.3) is 0 Å². The van der Waals surface area contributed by atoms with Crippen molar-refractivity contribution in [3.63, 3.8) is 0 Å². The zero-order chi connectivity index (χ0) is 15.2. The summed E-state index contributed by atoms with van der Waals surface area (Å²) in [5.41, 5.74) is -1.17. The first-order chi connectivity index (χ1) is 9.88. The van der Waals surface area contributed by atoms with Gasteiger partial charge in [-0.15, -0.1) is 0 Å². The lowest BCUT2D eigenvalue weighted by atomic mass is 10.0. The van der Waals surface area contributed by atoms with Crippen LogP contribution in [-0.4, -0.2) is 10.2 Å². The molecule has 110 valence electrons. The van der Waals surface area contributed by atoms with Crippen LogP contribution in [-0.2, 0) is 6.18 Å². The van der Waals surface area contributed by atoms with Gasteiger partial charge in [0.1, 0.15) is 5.82 Å². The summed E-state index contributed by atoms with van der Waals surface area (Å²) in [4.78, 5) is 13.1. The van der Waals surface area contributed by atoms with Gasteiger partial charge in [-0.05, 0) is 48.5 Å². The fourth-order valence-corrected chi connectivity index (χ4v) is 2.98. The SMILES string of the molecule is O=C(c1ccc(C(F)(F)F)cc1F)c1cnsc1C1CC1. The number of halogens is 4. The molecule has 0 atom stereocenters. The van der Waals surface area contributed by atoms with Crippen molar-refractivity contribution in [3.05, 3.63) is 51.8 Å². The fraction of sp³-hybridized carbons (Fsp3) is 0.286. The van der Waals surface area contributed by atoms with Crippen molar-refractivity contribution in [2.75, 3.05) is 0 Å². The van der Waals surface area contributed by atoms with E-state index in [4.69, 9.17) is 0 Å². The van der Waals surface area contributed by atoms with E-state index < -0.39 is 23.3 Å². The minimum Gasteiger partial charge on any atom is -0.288 e. The van der Waals surface area contributed by atoms with Crippen LogP contribution in [0.15, 0.2) is 24.4 Å². The molecule has 3 rings (SSSR count). The van der Waals surface area contributed by atoms with E-state index in [-0.39, 0.29) is 11.5 Å². The molecule has 21 heavy (non-hydrogen) atoms. The summed E-state index contributed by atoms with van der Waals surface area (Å²) in [6.07, 6.45) is -1.36. The number of alkyl halides is 3. The Morgan fingerprint density at radius 2 is 1.95 bits per heavy atom. The van der Waals surface area contributed by atoms with E-state index in [0.717, 1.165) is 23.8 Å². The van der Waals surface area contributed by atoms with Gasteiger partial charge in [0.2, 0.25) is 0 Å². The van der Waals surface area contributed by atoms with Crippen molar-refractivity contribution >= 4 is 17.3 Å². The molecule has 7 heteroatoms. The third-order valence-electron chi connectivity index (χ3n) is 3.33. The lowest BCUT2D eigenvalue weighted by Crippen LogP contribution is -2.09. The van der Waals surface area contributed by atoms with Crippen LogP contribution in [0.4, 0.5) is 17.6 Å². The molecular weight excluding hydrogens is 306 g/mol. The fourth-order valence-electron chi connectivity index (χ4n) is 2.08. The monoisotopic (exact) mass is 315 g/mol. The zero-order valence-electron chi connectivity index (χ0n) is 10.6. The van der Waals surface area contributed by atoms with E-state index in [9.17, 15) is 22.4 Å². The predicted octanol–water partition coefficient (Wildman–Crippen LogP) is 4.41. The summed E-state index contributed by atoms with van der Waals surface area (Å²) in [5, 5.41) is 0. The largest absolute Gasteiger partial charge is 0.416 e. The normalized spacial score (nSPS) is 15.2. The van der Waals surface area contributed by atoms with Crippen molar-refractivity contribution in [2.24, 2.45) is 0 Å². The van der Waals surface area contributed by atoms with Gasteiger partial charge in [0.05, 0.1) is 22.9 Å². The smallest absolute Gasteiger partial charge is 0.288 e. The number of carbonyl (C=O) groups excluding carboxylic acids is 1. The van der Waals surface area contributed by atoms with Crippen molar-refractivity contribution in [1.29, 1.82) is 0 Å². The molecule has 1 fully saturated rings. The van der Waals surface area contributed by atoms with Gasteiger partial charge < -0.3 is 0 Å². The van der Waals surface area contributed by atoms with E-state index in [2.05, 4.69) is 4.37 Å². The number of carbonyl (C=O) groups is 1. The highest BCUT2D eigenvalue weighted by Gasteiger charge is 2.33. The second kappa shape index (κ2) is 4.91. The molecule has 0 saturated heterocycles. The maximum atomic E-state index is 13.8. The maximum Gasteiger partial charge on any atom is 0.416 e. The molecule has 0 amide bonds. The first-order valence-corrected chi connectivity index (χ1v) is 7.01. The predicted molar refractivity (Wildman–Crippen MR) is 68.9 cm³/mol. The number of ketones is 1. The molecule has 2 aromatic rings. The molecule has 1 aromatic heterocycles. The van der Waals surface area contributed by atoms with Crippen LogP contribution in [0.5, 0.6) is 0 Å². The highest BCUT2D eigenvalue weighted by Crippen LogP contribution is 2.44. The number of hydrogen-bond donors (Lipinski definition) is 0. The van der Waals surface area contributed by atoms with Crippen molar-refractivity contribution in [3.8, 4) is 0 Å². The summed E-state index contributed by atoms with van der Waals surface area (Å²) in [6.45, 7) is 0. The molecule has 2 nitrogen and oxygen atoms in total. The summed E-state index contributed by atoms with van der Waals surface area (Å²) >= 11 is 1.18. The molecule has 0 aliphatic heterocycles. The third-order valence-corrected chi connectivity index (χ3v) is 4.29. The number of rotatable bonds is 3. The summed E-state index contributed by atoms with van der Waals surface area (Å²) in [5.74, 6) is -1.51. The van der Waals surface area contributed by atoms with E-state index in [1.165, 1.54) is 17.7 Å². The highest BCUT2D eigenvalue weighted by atomic mass is 32.1. The molecule has 1 aliphatic carbocycles. The van der Waals surface area contributed by atoms with E-state index in [0.29, 0.717) is 17.7 Å². The van der Waals surface area contributed by atoms with Gasteiger partial charge in [0.15, 0.2) is 5.78 Å². The average Bonchev–Trinajstić information content (AvgIpc) is 3.14. The van der Waals surface area contributed by atoms with Gasteiger partial charge in [-0.25, -0.2) is 8.76 Å². The summed E-state index contributed by atoms with van der Waals surface area (Å²) < 4.78 is 55.2. The molecule has 0 spiro atoms. The van der Waals surface area contributed by atoms with Crippen LogP contribution >= 0.6 is 11.5 Å². The number of nitrogens with zero attached hydrogens (tertiary/aromatic N) is 1. The quantitative estimate of drug-likeness (QED) is 0.620. The molecule has 1 saturated carbocycles. The minimum absolute atomic E-state index is 0.272. The molecule has 1 aliphatic rings. The number of hydrogen-bond acceptors (Lipinski definition) is 3. The van der Waals surface area contributed by atoms with Gasteiger partial charge in [-0.2, -0.15) is 13.2 Å². The Morgan fingerprint density at radius 1 is 1.24 bits per heavy atom. The van der Waals surface area contributed by atoms with Crippen molar-refractivity contribution < 1.29 is 22.4 Å². The molecule has 0 bridgehead atoms. The van der Waals surface area contributed by atoms with E-state index in [1.54, 1.807) is 0 Å². The molecule has 1 aromatic carbocycles. The van der Waals surface area contributed by atoms with E-state index in [1.807, 2.05) is 0 Å². The average molecular weight is 315 g/mol. The molecule has 1 heterocycles. The van der Waals surface area contributed by atoms with Crippen molar-refractivity contribution in [1.82, 2.24) is 4.37 Å². The van der Waals surface area contributed by atoms with E-state index >= 15 is 0 Å². The highest BCUT2D eigenvalue weighted by molar-refractivity contribution is 7.06. The number of benzene rings is 1. The molecule has 0 N–H and O–H groups in total. The molecule has 0 unspecified atom stereocenters. The van der Waals surface area contributed by atoms with Crippen LogP contribution in [0.25, 0.3) is 0 Å². The third kappa shape index (κ3) is 2.70. The van der Waals surface area contributed by atoms with Gasteiger partial charge in [0, 0.05) is 4.88 Å². The zero-order valence-corrected chi connectivity index (χ0v) is 11.4. The standard InChI is InChI=1S/C14H9F4NOS/c15-11-5-8(14(16,17)18)3-4-9(11)12(20)10-6-19-21-13(10)7-1-2-7/h3-7H,1-2H2. The lowest BCUT2D eigenvalue weighted by molar-refractivity contribution is -0.137. The Kier molecular flexibility index (Phi) is 3.32. The van der Waals surface area contributed by atoms with Crippen molar-refractivity contribution in [2.45, 2.75) is 24.9 Å². The first-order valence-electron chi connectivity index (χ1n) is 6.24. The topological polar surface area (TPSA) is 30.0 Å². The maximum absolute atomic E-state index is 13.8. The Bertz CT molecular complexity index is 703. The van der Waals surface area contributed by atoms with Crippen LogP contribution < -0.4 is 0 Å². The Balaban J connectivity index is 1.96. The first kappa shape index (κ1) is 14.2. The Morgan fingerprint density at radius 3 is 2.52 bits per heavy atom. The summed E-state index contributed by atoms with van der Waals surface area (Å²) in [6, 6.07) is 1.95. The molecule has 0 radical (unpaired) electrons. The molecular formula is C14H9F4NOS. The Hall–Kier alpha value is -1.76. The minimum atomic E-state index is -4.63. The van der Waals surface area contributed by atoms with Gasteiger partial charge >= 0.3 is 6.18 Å². The Labute approximate surface area is 121 Å².